The van der Waals surface area contributed by atoms with Gasteiger partial charge in [0.05, 0.1) is 5.69 Å². The Morgan fingerprint density at radius 2 is 1.95 bits per heavy atom. The van der Waals surface area contributed by atoms with Crippen LogP contribution in [0.25, 0.3) is 0 Å². The number of nitrogens with one attached hydrogen (secondary N) is 2. The molecule has 2 aromatic rings. The highest BCUT2D eigenvalue weighted by molar-refractivity contribution is 6.30. The van der Waals surface area contributed by atoms with Crippen molar-refractivity contribution in [1.29, 1.82) is 0 Å². The molecule has 0 atom stereocenters. The van der Waals surface area contributed by atoms with E-state index in [9.17, 15) is 9.59 Å². The van der Waals surface area contributed by atoms with Crippen LogP contribution >= 0.6 is 11.6 Å². The van der Waals surface area contributed by atoms with Crippen LogP contribution in [-0.4, -0.2) is 18.4 Å². The second-order valence-corrected chi connectivity index (χ2v) is 4.95. The first kappa shape index (κ1) is 13.5. The molecule has 0 saturated heterocycles. The number of amides is 2. The maximum Gasteiger partial charge on any atom is 0.262 e. The van der Waals surface area contributed by atoms with E-state index in [1.165, 1.54) is 0 Å². The Morgan fingerprint density at radius 3 is 2.71 bits per heavy atom. The third-order valence-corrected chi connectivity index (χ3v) is 3.23. The van der Waals surface area contributed by atoms with Gasteiger partial charge in [0.25, 0.3) is 11.8 Å². The molecule has 0 aliphatic carbocycles. The third kappa shape index (κ3) is 2.98. The fraction of sp³-hybridized carbons (Fsp3) is 0.0667. The molecule has 2 aromatic carbocycles. The van der Waals surface area contributed by atoms with Crippen molar-refractivity contribution in [1.82, 2.24) is 0 Å². The molecular formula is C15H11ClN2O3. The lowest BCUT2D eigenvalue weighted by Crippen LogP contribution is -2.25. The Bertz CT molecular complexity index is 713. The van der Waals surface area contributed by atoms with E-state index in [0.717, 1.165) is 0 Å². The molecule has 3 rings (SSSR count). The van der Waals surface area contributed by atoms with E-state index in [4.69, 9.17) is 16.3 Å². The van der Waals surface area contributed by atoms with E-state index < -0.39 is 0 Å². The smallest absolute Gasteiger partial charge is 0.262 e. The second-order valence-electron chi connectivity index (χ2n) is 4.51. The molecule has 2 N–H and O–H groups in total. The summed E-state index contributed by atoms with van der Waals surface area (Å²) in [5.74, 6) is 0.0137. The average molecular weight is 303 g/mol. The molecule has 5 nitrogen and oxygen atoms in total. The molecule has 21 heavy (non-hydrogen) atoms. The molecule has 1 heterocycles. The highest BCUT2D eigenvalue weighted by atomic mass is 35.5. The van der Waals surface area contributed by atoms with E-state index in [1.54, 1.807) is 42.5 Å². The number of hydrogen-bond donors (Lipinski definition) is 2. The van der Waals surface area contributed by atoms with Gasteiger partial charge in [-0.2, -0.15) is 0 Å². The summed E-state index contributed by atoms with van der Waals surface area (Å²) in [6, 6.07) is 11.7. The molecule has 0 saturated carbocycles. The normalized spacial score (nSPS) is 12.9. The Balaban J connectivity index is 1.79. The first-order valence-electron chi connectivity index (χ1n) is 6.25. The maximum atomic E-state index is 12.2. The monoisotopic (exact) mass is 302 g/mol. The summed E-state index contributed by atoms with van der Waals surface area (Å²) in [7, 11) is 0. The maximum absolute atomic E-state index is 12.2. The molecular weight excluding hydrogens is 292 g/mol. The SMILES string of the molecule is O=C1COc2cc(C(=O)Nc3ccc(Cl)cc3)ccc2N1. The molecule has 106 valence electrons. The van der Waals surface area contributed by atoms with Crippen LogP contribution in [0, 0.1) is 0 Å². The highest BCUT2D eigenvalue weighted by Gasteiger charge is 2.17. The molecule has 0 fully saturated rings. The van der Waals surface area contributed by atoms with Crippen molar-refractivity contribution in [3.8, 4) is 5.75 Å². The van der Waals surface area contributed by atoms with Crippen LogP contribution in [-0.2, 0) is 4.79 Å². The van der Waals surface area contributed by atoms with Gasteiger partial charge in [-0.3, -0.25) is 9.59 Å². The van der Waals surface area contributed by atoms with Crippen molar-refractivity contribution < 1.29 is 14.3 Å². The molecule has 1 aliphatic rings. The molecule has 2 amide bonds. The summed E-state index contributed by atoms with van der Waals surface area (Å²) < 4.78 is 5.28. The van der Waals surface area contributed by atoms with Crippen LogP contribution in [0.4, 0.5) is 11.4 Å². The summed E-state index contributed by atoms with van der Waals surface area (Å²) in [5, 5.41) is 6.03. The largest absolute Gasteiger partial charge is 0.482 e. The molecule has 0 radical (unpaired) electrons. The summed E-state index contributed by atoms with van der Waals surface area (Å²) in [4.78, 5) is 23.3. The number of rotatable bonds is 2. The van der Waals surface area contributed by atoms with Gasteiger partial charge in [-0.25, -0.2) is 0 Å². The number of fused-ring (bicyclic) bond motifs is 1. The lowest BCUT2D eigenvalue weighted by Gasteiger charge is -2.18. The van der Waals surface area contributed by atoms with Gasteiger partial charge >= 0.3 is 0 Å². The Morgan fingerprint density at radius 1 is 1.19 bits per heavy atom. The van der Waals surface area contributed by atoms with E-state index in [2.05, 4.69) is 10.6 Å². The van der Waals surface area contributed by atoms with E-state index >= 15 is 0 Å². The Hall–Kier alpha value is -2.53. The molecule has 0 aromatic heterocycles. The van der Waals surface area contributed by atoms with Gasteiger partial charge < -0.3 is 15.4 Å². The minimum absolute atomic E-state index is 0.0464. The fourth-order valence-corrected chi connectivity index (χ4v) is 2.08. The number of halogens is 1. The number of anilines is 2. The molecule has 0 bridgehead atoms. The van der Waals surface area contributed by atoms with Crippen LogP contribution in [0.15, 0.2) is 42.5 Å². The molecule has 1 aliphatic heterocycles. The Kier molecular flexibility index (Phi) is 3.50. The van der Waals surface area contributed by atoms with Gasteiger partial charge in [0, 0.05) is 16.3 Å². The van der Waals surface area contributed by atoms with Gasteiger partial charge in [-0.15, -0.1) is 0 Å². The van der Waals surface area contributed by atoms with Crippen LogP contribution in [0.1, 0.15) is 10.4 Å². The minimum Gasteiger partial charge on any atom is -0.482 e. The van der Waals surface area contributed by atoms with Crippen molar-refractivity contribution >= 4 is 34.8 Å². The van der Waals surface area contributed by atoms with E-state index in [0.29, 0.717) is 27.7 Å². The Labute approximate surface area is 125 Å². The first-order valence-corrected chi connectivity index (χ1v) is 6.63. The number of ether oxygens (including phenoxy) is 1. The summed E-state index contributed by atoms with van der Waals surface area (Å²) in [5.41, 5.74) is 1.66. The lowest BCUT2D eigenvalue weighted by molar-refractivity contribution is -0.118. The molecule has 6 heteroatoms. The number of carbonyl (C=O) groups excluding carboxylic acids is 2. The second kappa shape index (κ2) is 5.46. The van der Waals surface area contributed by atoms with Crippen LogP contribution in [0.2, 0.25) is 5.02 Å². The zero-order valence-electron chi connectivity index (χ0n) is 10.9. The van der Waals surface area contributed by atoms with Gasteiger partial charge in [0.15, 0.2) is 6.61 Å². The topological polar surface area (TPSA) is 67.4 Å². The quantitative estimate of drug-likeness (QED) is 0.896. The predicted octanol–water partition coefficient (Wildman–Crippen LogP) is 2.92. The summed E-state index contributed by atoms with van der Waals surface area (Å²) in [6.45, 7) is -0.0464. The number of benzene rings is 2. The van der Waals surface area contributed by atoms with E-state index in [1.807, 2.05) is 0 Å². The summed E-state index contributed by atoms with van der Waals surface area (Å²) >= 11 is 5.79. The lowest BCUT2D eigenvalue weighted by atomic mass is 10.1. The number of hydrogen-bond acceptors (Lipinski definition) is 3. The van der Waals surface area contributed by atoms with Gasteiger partial charge in [0.1, 0.15) is 5.75 Å². The zero-order chi connectivity index (χ0) is 14.8. The van der Waals surface area contributed by atoms with Gasteiger partial charge in [-0.05, 0) is 42.5 Å². The van der Waals surface area contributed by atoms with Crippen molar-refractivity contribution in [2.75, 3.05) is 17.2 Å². The fourth-order valence-electron chi connectivity index (χ4n) is 1.95. The van der Waals surface area contributed by atoms with Gasteiger partial charge in [0.2, 0.25) is 0 Å². The minimum atomic E-state index is -0.263. The van der Waals surface area contributed by atoms with Crippen molar-refractivity contribution in [3.63, 3.8) is 0 Å². The average Bonchev–Trinajstić information content (AvgIpc) is 2.49. The highest BCUT2D eigenvalue weighted by Crippen LogP contribution is 2.28. The predicted molar refractivity (Wildman–Crippen MR) is 80.0 cm³/mol. The van der Waals surface area contributed by atoms with Crippen molar-refractivity contribution in [2.45, 2.75) is 0 Å². The standard InChI is InChI=1S/C15H11ClN2O3/c16-10-2-4-11(5-3-10)17-15(20)9-1-6-12-13(7-9)21-8-14(19)18-12/h1-7H,8H2,(H,17,20)(H,18,19). The van der Waals surface area contributed by atoms with Crippen LogP contribution < -0.4 is 15.4 Å². The van der Waals surface area contributed by atoms with Crippen molar-refractivity contribution in [2.24, 2.45) is 0 Å². The summed E-state index contributed by atoms with van der Waals surface area (Å²) in [6.07, 6.45) is 0. The third-order valence-electron chi connectivity index (χ3n) is 2.98. The molecule has 0 spiro atoms. The first-order chi connectivity index (χ1) is 10.1. The van der Waals surface area contributed by atoms with Crippen LogP contribution in [0.3, 0.4) is 0 Å². The van der Waals surface area contributed by atoms with Crippen LogP contribution in [0.5, 0.6) is 5.75 Å². The zero-order valence-corrected chi connectivity index (χ0v) is 11.6. The molecule has 0 unspecified atom stereocenters. The van der Waals surface area contributed by atoms with E-state index in [-0.39, 0.29) is 18.4 Å². The van der Waals surface area contributed by atoms with Gasteiger partial charge in [-0.1, -0.05) is 11.6 Å². The van der Waals surface area contributed by atoms with Crippen molar-refractivity contribution in [3.05, 3.63) is 53.1 Å². The number of carbonyl (C=O) groups is 2.